The van der Waals surface area contributed by atoms with Crippen molar-refractivity contribution in [2.45, 2.75) is 0 Å². The lowest BCUT2D eigenvalue weighted by Gasteiger charge is -2.13. The van der Waals surface area contributed by atoms with Crippen LogP contribution in [0.2, 0.25) is 0 Å². The highest BCUT2D eigenvalue weighted by atomic mass is 32.1. The monoisotopic (exact) mass is 440 g/mol. The van der Waals surface area contributed by atoms with Crippen molar-refractivity contribution in [1.82, 2.24) is 14.6 Å². The highest BCUT2D eigenvalue weighted by Crippen LogP contribution is 2.40. The third-order valence-electron chi connectivity index (χ3n) is 4.55. The van der Waals surface area contributed by atoms with Crippen molar-refractivity contribution in [3.8, 4) is 28.6 Å². The van der Waals surface area contributed by atoms with Crippen molar-refractivity contribution >= 4 is 28.1 Å². The number of nitro benzene ring substituents is 1. The molecule has 0 spiro atoms. The molecular weight excluding hydrogens is 424 g/mol. The molecule has 0 amide bonds. The fourth-order valence-corrected chi connectivity index (χ4v) is 4.05. The number of nitrogens with zero attached hydrogens (tertiary/aromatic N) is 4. The fourth-order valence-electron chi connectivity index (χ4n) is 3.14. The predicted octanol–water partition coefficient (Wildman–Crippen LogP) is 2.30. The molecule has 0 saturated heterocycles. The number of aromatic nitrogens is 3. The summed E-state index contributed by atoms with van der Waals surface area (Å²) in [5, 5.41) is 19.3. The number of ether oxygens (including phenoxy) is 3. The summed E-state index contributed by atoms with van der Waals surface area (Å²) in [6.07, 6.45) is 1.59. The quantitative estimate of drug-likeness (QED) is 0.331. The molecule has 0 fully saturated rings. The van der Waals surface area contributed by atoms with Crippen LogP contribution in [0.5, 0.6) is 17.2 Å². The Kier molecular flexibility index (Phi) is 5.26. The molecule has 0 bridgehead atoms. The van der Waals surface area contributed by atoms with Gasteiger partial charge in [0.25, 0.3) is 11.2 Å². The zero-order chi connectivity index (χ0) is 22.1. The number of benzene rings is 2. The Morgan fingerprint density at radius 3 is 2.39 bits per heavy atom. The number of non-ortho nitro benzene ring substituents is 1. The third kappa shape index (κ3) is 3.55. The topological polar surface area (TPSA) is 118 Å². The molecule has 158 valence electrons. The van der Waals surface area contributed by atoms with E-state index in [2.05, 4.69) is 10.2 Å². The maximum Gasteiger partial charge on any atom is 0.276 e. The average Bonchev–Trinajstić information content (AvgIpc) is 3.33. The number of hydrogen-bond donors (Lipinski definition) is 0. The van der Waals surface area contributed by atoms with Crippen molar-refractivity contribution in [3.05, 3.63) is 67.0 Å². The van der Waals surface area contributed by atoms with Gasteiger partial charge in [-0.3, -0.25) is 14.9 Å². The fraction of sp³-hybridized carbons (Fsp3) is 0.150. The van der Waals surface area contributed by atoms with E-state index in [0.717, 1.165) is 11.3 Å². The summed E-state index contributed by atoms with van der Waals surface area (Å²) in [6, 6.07) is 9.41. The minimum absolute atomic E-state index is 0.0534. The minimum Gasteiger partial charge on any atom is -0.493 e. The van der Waals surface area contributed by atoms with Crippen LogP contribution in [0, 0.1) is 10.1 Å². The van der Waals surface area contributed by atoms with Gasteiger partial charge in [0.05, 0.1) is 30.8 Å². The molecule has 4 aromatic rings. The van der Waals surface area contributed by atoms with Crippen LogP contribution in [-0.4, -0.2) is 40.9 Å². The zero-order valence-corrected chi connectivity index (χ0v) is 17.5. The molecule has 0 aliphatic carbocycles. The molecule has 2 aromatic heterocycles. The van der Waals surface area contributed by atoms with Gasteiger partial charge >= 0.3 is 0 Å². The smallest absolute Gasteiger partial charge is 0.276 e. The van der Waals surface area contributed by atoms with Crippen molar-refractivity contribution in [2.75, 3.05) is 21.3 Å². The Morgan fingerprint density at radius 2 is 1.77 bits per heavy atom. The number of fused-ring (bicyclic) bond motifs is 1. The summed E-state index contributed by atoms with van der Waals surface area (Å²) in [5.41, 5.74) is 0.708. The molecule has 2 heterocycles. The van der Waals surface area contributed by atoms with Crippen LogP contribution in [0.4, 0.5) is 5.69 Å². The molecule has 0 N–H and O–H groups in total. The molecule has 2 aromatic carbocycles. The van der Waals surface area contributed by atoms with Crippen molar-refractivity contribution in [3.63, 3.8) is 0 Å². The van der Waals surface area contributed by atoms with Gasteiger partial charge in [0.15, 0.2) is 17.3 Å². The van der Waals surface area contributed by atoms with Crippen LogP contribution in [0.1, 0.15) is 5.56 Å². The lowest BCUT2D eigenvalue weighted by molar-refractivity contribution is -0.384. The first-order valence-corrected chi connectivity index (χ1v) is 9.73. The summed E-state index contributed by atoms with van der Waals surface area (Å²) in [7, 11) is 4.49. The molecule has 31 heavy (non-hydrogen) atoms. The van der Waals surface area contributed by atoms with E-state index < -0.39 is 4.92 Å². The van der Waals surface area contributed by atoms with Gasteiger partial charge in [-0.1, -0.05) is 23.5 Å². The van der Waals surface area contributed by atoms with E-state index in [4.69, 9.17) is 14.2 Å². The van der Waals surface area contributed by atoms with Crippen LogP contribution in [-0.2, 0) is 0 Å². The molecule has 11 heteroatoms. The van der Waals surface area contributed by atoms with Gasteiger partial charge in [-0.25, -0.2) is 4.40 Å². The van der Waals surface area contributed by atoms with Gasteiger partial charge in [0, 0.05) is 17.7 Å². The normalized spacial score (nSPS) is 11.6. The van der Waals surface area contributed by atoms with Gasteiger partial charge in [-0.2, -0.15) is 0 Å². The molecule has 0 radical (unpaired) electrons. The van der Waals surface area contributed by atoms with Crippen LogP contribution < -0.4 is 24.3 Å². The predicted molar refractivity (Wildman–Crippen MR) is 114 cm³/mol. The molecule has 10 nitrogen and oxygen atoms in total. The van der Waals surface area contributed by atoms with E-state index in [1.165, 1.54) is 37.9 Å². The van der Waals surface area contributed by atoms with Gasteiger partial charge in [0.2, 0.25) is 10.7 Å². The van der Waals surface area contributed by atoms with Crippen LogP contribution in [0.3, 0.4) is 0 Å². The van der Waals surface area contributed by atoms with E-state index in [-0.39, 0.29) is 11.2 Å². The van der Waals surface area contributed by atoms with Crippen LogP contribution in [0.25, 0.3) is 22.4 Å². The molecule has 0 aliphatic rings. The number of rotatable bonds is 6. The number of methoxy groups -OCH3 is 3. The number of hydrogen-bond acceptors (Lipinski definition) is 9. The van der Waals surface area contributed by atoms with E-state index in [0.29, 0.717) is 43.7 Å². The molecular formula is C20H16N4O6S. The first kappa shape index (κ1) is 20.3. The van der Waals surface area contributed by atoms with E-state index in [1.54, 1.807) is 30.3 Å². The minimum atomic E-state index is -0.483. The second-order valence-electron chi connectivity index (χ2n) is 6.32. The lowest BCUT2D eigenvalue weighted by Crippen LogP contribution is -2.23. The summed E-state index contributed by atoms with van der Waals surface area (Å²) < 4.78 is 17.8. The Bertz CT molecular complexity index is 1390. The lowest BCUT2D eigenvalue weighted by atomic mass is 10.1. The van der Waals surface area contributed by atoms with Crippen molar-refractivity contribution in [1.29, 1.82) is 0 Å². The molecule has 4 rings (SSSR count). The number of thiazole rings is 1. The van der Waals surface area contributed by atoms with Gasteiger partial charge < -0.3 is 14.2 Å². The van der Waals surface area contributed by atoms with Gasteiger partial charge in [0.1, 0.15) is 0 Å². The highest BCUT2D eigenvalue weighted by molar-refractivity contribution is 7.15. The maximum absolute atomic E-state index is 13.1. The molecule has 0 unspecified atom stereocenters. The summed E-state index contributed by atoms with van der Waals surface area (Å²) >= 11 is 1.14. The Hall–Kier alpha value is -3.99. The maximum atomic E-state index is 13.1. The molecule has 0 aliphatic heterocycles. The summed E-state index contributed by atoms with van der Waals surface area (Å²) in [6.45, 7) is 0. The first-order chi connectivity index (χ1) is 15.0. The highest BCUT2D eigenvalue weighted by Gasteiger charge is 2.19. The Labute approximate surface area is 179 Å². The van der Waals surface area contributed by atoms with E-state index in [9.17, 15) is 14.9 Å². The SMILES string of the molecule is COc1cc(-c2nnc3s/c(=C\c4cccc([N+](=O)[O-])c4)c(=O)n23)cc(OC)c1OC. The van der Waals surface area contributed by atoms with Crippen LogP contribution in [0.15, 0.2) is 41.2 Å². The molecule has 0 saturated carbocycles. The summed E-state index contributed by atoms with van der Waals surface area (Å²) in [5.74, 6) is 1.57. The van der Waals surface area contributed by atoms with Crippen molar-refractivity contribution in [2.24, 2.45) is 0 Å². The van der Waals surface area contributed by atoms with E-state index >= 15 is 0 Å². The first-order valence-electron chi connectivity index (χ1n) is 8.91. The van der Waals surface area contributed by atoms with Crippen LogP contribution >= 0.6 is 11.3 Å². The standard InChI is InChI=1S/C20H16N4O6S/c1-28-14-9-12(10-15(29-2)17(14)30-3)18-21-22-20-23(18)19(25)16(31-20)8-11-5-4-6-13(7-11)24(26)27/h4-10H,1-3H3/b16-8-. The Balaban J connectivity index is 1.88. The Morgan fingerprint density at radius 1 is 1.06 bits per heavy atom. The largest absolute Gasteiger partial charge is 0.493 e. The zero-order valence-electron chi connectivity index (χ0n) is 16.7. The summed E-state index contributed by atoms with van der Waals surface area (Å²) in [4.78, 5) is 24.0. The number of nitro groups is 1. The second kappa shape index (κ2) is 8.03. The van der Waals surface area contributed by atoms with Gasteiger partial charge in [-0.05, 0) is 23.8 Å². The second-order valence-corrected chi connectivity index (χ2v) is 7.33. The molecule has 0 atom stereocenters. The van der Waals surface area contributed by atoms with Crippen molar-refractivity contribution < 1.29 is 19.1 Å². The van der Waals surface area contributed by atoms with Gasteiger partial charge in [-0.15, -0.1) is 10.2 Å². The average molecular weight is 440 g/mol. The third-order valence-corrected chi connectivity index (χ3v) is 5.51. The van der Waals surface area contributed by atoms with E-state index in [1.807, 2.05) is 0 Å².